The van der Waals surface area contributed by atoms with Crippen molar-refractivity contribution in [3.05, 3.63) is 125 Å². The van der Waals surface area contributed by atoms with Gasteiger partial charge in [-0.25, -0.2) is 0 Å². The molecule has 40 heavy (non-hydrogen) atoms. The van der Waals surface area contributed by atoms with Crippen molar-refractivity contribution in [1.82, 2.24) is 5.32 Å². The molecular formula is C34H37N3OS2. The van der Waals surface area contributed by atoms with Gasteiger partial charge < -0.3 is 15.5 Å². The maximum absolute atomic E-state index is 12.8. The number of hydrogen-bond acceptors (Lipinski definition) is 5. The number of anilines is 2. The Hall–Kier alpha value is -3.45. The molecule has 0 saturated carbocycles. The summed E-state index contributed by atoms with van der Waals surface area (Å²) < 4.78 is 0. The Labute approximate surface area is 247 Å². The smallest absolute Gasteiger partial charge is 0.238 e. The Morgan fingerprint density at radius 2 is 1.40 bits per heavy atom. The van der Waals surface area contributed by atoms with E-state index in [9.17, 15) is 4.79 Å². The highest BCUT2D eigenvalue weighted by molar-refractivity contribution is 7.98. The summed E-state index contributed by atoms with van der Waals surface area (Å²) in [6, 6.07) is 35.6. The Balaban J connectivity index is 1.34. The van der Waals surface area contributed by atoms with Gasteiger partial charge in [0.2, 0.25) is 5.91 Å². The minimum atomic E-state index is -0.0288. The van der Waals surface area contributed by atoms with E-state index in [4.69, 9.17) is 0 Å². The molecule has 0 aliphatic rings. The number of thioether (sulfide) groups is 2. The minimum absolute atomic E-state index is 0.0288. The topological polar surface area (TPSA) is 44.4 Å². The van der Waals surface area contributed by atoms with Crippen molar-refractivity contribution in [3.63, 3.8) is 0 Å². The highest BCUT2D eigenvalue weighted by atomic mass is 32.2. The van der Waals surface area contributed by atoms with E-state index in [1.165, 1.54) is 16.8 Å². The van der Waals surface area contributed by atoms with Gasteiger partial charge in [0.05, 0.1) is 12.2 Å². The van der Waals surface area contributed by atoms with Crippen LogP contribution in [0.1, 0.15) is 22.3 Å². The lowest BCUT2D eigenvalue weighted by molar-refractivity contribution is -0.115. The number of rotatable bonds is 14. The summed E-state index contributed by atoms with van der Waals surface area (Å²) in [5.41, 5.74) is 6.84. The zero-order chi connectivity index (χ0) is 28.0. The van der Waals surface area contributed by atoms with Crippen LogP contribution in [0.3, 0.4) is 0 Å². The molecule has 0 aromatic heterocycles. The van der Waals surface area contributed by atoms with Crippen LogP contribution >= 0.6 is 23.5 Å². The van der Waals surface area contributed by atoms with E-state index in [0.29, 0.717) is 6.54 Å². The van der Waals surface area contributed by atoms with Crippen molar-refractivity contribution in [1.29, 1.82) is 0 Å². The largest absolute Gasteiger partial charge is 0.378 e. The summed E-state index contributed by atoms with van der Waals surface area (Å²) in [4.78, 5) is 15.9. The number of hydrogen-bond donors (Lipinski definition) is 2. The average Bonchev–Trinajstić information content (AvgIpc) is 2.99. The maximum atomic E-state index is 12.8. The van der Waals surface area contributed by atoms with E-state index in [2.05, 4.69) is 113 Å². The van der Waals surface area contributed by atoms with Crippen molar-refractivity contribution in [3.8, 4) is 0 Å². The van der Waals surface area contributed by atoms with Crippen LogP contribution in [0, 0.1) is 0 Å². The maximum Gasteiger partial charge on any atom is 0.238 e. The van der Waals surface area contributed by atoms with Gasteiger partial charge in [0.25, 0.3) is 0 Å². The van der Waals surface area contributed by atoms with Gasteiger partial charge in [-0.1, -0.05) is 91.0 Å². The Morgan fingerprint density at radius 3 is 2.08 bits per heavy atom. The first-order valence-corrected chi connectivity index (χ1v) is 15.6. The van der Waals surface area contributed by atoms with Crippen molar-refractivity contribution in [2.45, 2.75) is 16.4 Å². The van der Waals surface area contributed by atoms with Gasteiger partial charge in [-0.3, -0.25) is 4.79 Å². The first-order valence-electron chi connectivity index (χ1n) is 13.5. The summed E-state index contributed by atoms with van der Waals surface area (Å²) in [7, 11) is 4.09. The molecule has 0 aliphatic heterocycles. The molecule has 4 rings (SSSR count). The number of nitrogens with one attached hydrogen (secondary N) is 2. The molecule has 4 aromatic rings. The molecule has 2 N–H and O–H groups in total. The van der Waals surface area contributed by atoms with Crippen LogP contribution in [0.25, 0.3) is 12.2 Å². The summed E-state index contributed by atoms with van der Waals surface area (Å²) in [6.07, 6.45) is 4.25. The van der Waals surface area contributed by atoms with Crippen LogP contribution in [-0.2, 0) is 16.3 Å². The normalized spacial score (nSPS) is 11.1. The van der Waals surface area contributed by atoms with E-state index in [1.807, 2.05) is 44.1 Å². The summed E-state index contributed by atoms with van der Waals surface area (Å²) in [5.74, 6) is 2.75. The van der Waals surface area contributed by atoms with Crippen LogP contribution in [0.5, 0.6) is 0 Å². The van der Waals surface area contributed by atoms with Gasteiger partial charge >= 0.3 is 0 Å². The molecule has 0 aliphatic carbocycles. The first-order chi connectivity index (χ1) is 19.6. The number of benzene rings is 4. The molecule has 0 fully saturated rings. The van der Waals surface area contributed by atoms with Gasteiger partial charge in [-0.2, -0.15) is 11.8 Å². The molecule has 0 radical (unpaired) electrons. The van der Waals surface area contributed by atoms with Crippen LogP contribution < -0.4 is 15.5 Å². The van der Waals surface area contributed by atoms with Crippen LogP contribution in [-0.4, -0.2) is 38.8 Å². The molecule has 0 atom stereocenters. The van der Waals surface area contributed by atoms with Crippen molar-refractivity contribution in [2.75, 3.05) is 43.2 Å². The average molecular weight is 568 g/mol. The summed E-state index contributed by atoms with van der Waals surface area (Å²) >= 11 is 3.61. The third-order valence-corrected chi connectivity index (χ3v) is 8.37. The lowest BCUT2D eigenvalue weighted by Gasteiger charge is -2.13. The molecule has 0 saturated heterocycles. The highest BCUT2D eigenvalue weighted by Gasteiger charge is 2.09. The van der Waals surface area contributed by atoms with Crippen molar-refractivity contribution in [2.24, 2.45) is 0 Å². The molecule has 1 amide bonds. The molecule has 0 unspecified atom stereocenters. The van der Waals surface area contributed by atoms with Gasteiger partial charge in [-0.05, 0) is 46.5 Å². The second-order valence-electron chi connectivity index (χ2n) is 9.61. The quantitative estimate of drug-likeness (QED) is 0.0930. The second-order valence-corrected chi connectivity index (χ2v) is 11.7. The molecule has 206 valence electrons. The summed E-state index contributed by atoms with van der Waals surface area (Å²) in [5, 5.41) is 6.40. The molecular weight excluding hydrogens is 531 g/mol. The fraction of sp³-hybridized carbons (Fsp3) is 0.206. The number of carbonyl (C=O) groups excluding carboxylic acids is 1. The molecule has 0 heterocycles. The second kappa shape index (κ2) is 16.0. The SMILES string of the molecule is CN(C)c1ccc(/C=C/c2ccc(NC(=O)CNCCSCc3ccccc3)c(SCc3ccccc3)c2)cc1. The van der Waals surface area contributed by atoms with Crippen LogP contribution in [0.15, 0.2) is 108 Å². The van der Waals surface area contributed by atoms with Gasteiger partial charge in [-0.15, -0.1) is 11.8 Å². The van der Waals surface area contributed by atoms with E-state index in [0.717, 1.165) is 45.5 Å². The molecule has 0 bridgehead atoms. The van der Waals surface area contributed by atoms with E-state index in [-0.39, 0.29) is 5.91 Å². The monoisotopic (exact) mass is 567 g/mol. The van der Waals surface area contributed by atoms with Gasteiger partial charge in [0, 0.05) is 48.5 Å². The third-order valence-electron chi connectivity index (χ3n) is 6.21. The van der Waals surface area contributed by atoms with Crippen LogP contribution in [0.4, 0.5) is 11.4 Å². The Bertz CT molecular complexity index is 1360. The fourth-order valence-electron chi connectivity index (χ4n) is 3.98. The standard InChI is InChI=1S/C34H37N3OS2/c1-37(2)31-18-15-27(16-19-31)13-14-28-17-20-32(33(23-28)40-26-30-11-7-4-8-12-30)36-34(38)24-35-21-22-39-25-29-9-5-3-6-10-29/h3-20,23,35H,21-22,24-26H2,1-2H3,(H,36,38)/b14-13+. The van der Waals surface area contributed by atoms with Crippen molar-refractivity contribution < 1.29 is 4.79 Å². The number of carbonyl (C=O) groups is 1. The van der Waals surface area contributed by atoms with E-state index >= 15 is 0 Å². The van der Waals surface area contributed by atoms with E-state index < -0.39 is 0 Å². The zero-order valence-corrected chi connectivity index (χ0v) is 24.8. The van der Waals surface area contributed by atoms with Crippen LogP contribution in [0.2, 0.25) is 0 Å². The third kappa shape index (κ3) is 9.94. The Kier molecular flexibility index (Phi) is 11.8. The molecule has 6 heteroatoms. The van der Waals surface area contributed by atoms with E-state index in [1.54, 1.807) is 11.8 Å². The number of nitrogens with zero attached hydrogens (tertiary/aromatic N) is 1. The Morgan fingerprint density at radius 1 is 0.775 bits per heavy atom. The van der Waals surface area contributed by atoms with Gasteiger partial charge in [0.1, 0.15) is 0 Å². The fourth-order valence-corrected chi connectivity index (χ4v) is 5.85. The highest BCUT2D eigenvalue weighted by Crippen LogP contribution is 2.32. The minimum Gasteiger partial charge on any atom is -0.378 e. The lowest BCUT2D eigenvalue weighted by atomic mass is 10.1. The molecule has 4 nitrogen and oxygen atoms in total. The predicted molar refractivity (Wildman–Crippen MR) is 176 cm³/mol. The first kappa shape index (κ1) is 29.5. The zero-order valence-electron chi connectivity index (χ0n) is 23.2. The van der Waals surface area contributed by atoms with Gasteiger partial charge in [0.15, 0.2) is 0 Å². The van der Waals surface area contributed by atoms with Crippen molar-refractivity contribution >= 4 is 53.0 Å². The lowest BCUT2D eigenvalue weighted by Crippen LogP contribution is -2.29. The molecule has 4 aromatic carbocycles. The summed E-state index contributed by atoms with van der Waals surface area (Å²) in [6.45, 7) is 1.08. The number of amides is 1. The predicted octanol–water partition coefficient (Wildman–Crippen LogP) is 7.68. The molecule has 0 spiro atoms.